The first-order chi connectivity index (χ1) is 12.9. The van der Waals surface area contributed by atoms with Crippen molar-refractivity contribution >= 4 is 33.7 Å². The molecule has 1 aromatic heterocycles. The Morgan fingerprint density at radius 1 is 1.11 bits per heavy atom. The topological polar surface area (TPSA) is 148 Å². The van der Waals surface area contributed by atoms with E-state index in [1.54, 1.807) is 25.1 Å². The normalized spacial score (nSPS) is 11.4. The quantitative estimate of drug-likeness (QED) is 0.400. The van der Waals surface area contributed by atoms with Crippen LogP contribution in [-0.2, 0) is 0 Å². The number of para-hydroxylation sites is 1. The molecule has 3 rings (SSSR count). The van der Waals surface area contributed by atoms with Crippen LogP contribution in [0.25, 0.3) is 11.0 Å². The van der Waals surface area contributed by atoms with E-state index < -0.39 is 21.2 Å². The summed E-state index contributed by atoms with van der Waals surface area (Å²) >= 11 is 0. The number of benzene rings is 2. The van der Waals surface area contributed by atoms with Gasteiger partial charge < -0.3 is 4.42 Å². The zero-order valence-electron chi connectivity index (χ0n) is 14.0. The van der Waals surface area contributed by atoms with Gasteiger partial charge in [0.05, 0.1) is 27.2 Å². The van der Waals surface area contributed by atoms with Gasteiger partial charge in [-0.15, -0.1) is 0 Å². The van der Waals surface area contributed by atoms with Gasteiger partial charge in [0, 0.05) is 11.5 Å². The number of nitro benzene ring substituents is 2. The molecule has 3 aromatic rings. The minimum atomic E-state index is -0.735. The fraction of sp³-hybridized carbons (Fsp3) is 0.0588. The van der Waals surface area contributed by atoms with Crippen molar-refractivity contribution in [2.75, 3.05) is 5.43 Å². The summed E-state index contributed by atoms with van der Waals surface area (Å²) in [6.45, 7) is 1.61. The Morgan fingerprint density at radius 2 is 1.85 bits per heavy atom. The summed E-state index contributed by atoms with van der Waals surface area (Å²) in [6.07, 6.45) is 0. The van der Waals surface area contributed by atoms with Crippen molar-refractivity contribution in [1.29, 1.82) is 5.41 Å². The van der Waals surface area contributed by atoms with Crippen molar-refractivity contribution in [3.05, 3.63) is 79.9 Å². The average molecular weight is 367 g/mol. The molecule has 2 N–H and O–H groups in total. The lowest BCUT2D eigenvalue weighted by Crippen LogP contribution is -2.13. The van der Waals surface area contributed by atoms with Crippen LogP contribution in [0.5, 0.6) is 0 Å². The summed E-state index contributed by atoms with van der Waals surface area (Å²) in [4.78, 5) is 20.5. The predicted molar refractivity (Wildman–Crippen MR) is 97.7 cm³/mol. The van der Waals surface area contributed by atoms with Crippen molar-refractivity contribution in [2.45, 2.75) is 6.92 Å². The maximum absolute atomic E-state index is 11.2. The van der Waals surface area contributed by atoms with E-state index >= 15 is 0 Å². The molecule has 10 heteroatoms. The number of anilines is 1. The lowest BCUT2D eigenvalue weighted by Gasteiger charge is -2.06. The fourth-order valence-electron chi connectivity index (χ4n) is 2.43. The average Bonchev–Trinajstić information content (AvgIpc) is 2.65. The lowest BCUT2D eigenvalue weighted by molar-refractivity contribution is -0.393. The molecule has 0 amide bonds. The van der Waals surface area contributed by atoms with Crippen molar-refractivity contribution < 1.29 is 14.3 Å². The number of nitrogens with one attached hydrogen (secondary N) is 2. The Bertz CT molecular complexity index is 1150. The molecule has 27 heavy (non-hydrogen) atoms. The van der Waals surface area contributed by atoms with Gasteiger partial charge in [-0.05, 0) is 25.1 Å². The van der Waals surface area contributed by atoms with Crippen LogP contribution in [-0.4, -0.2) is 15.6 Å². The zero-order chi connectivity index (χ0) is 19.6. The Morgan fingerprint density at radius 3 is 2.56 bits per heavy atom. The summed E-state index contributed by atoms with van der Waals surface area (Å²) < 4.78 is 5.44. The van der Waals surface area contributed by atoms with Crippen molar-refractivity contribution in [2.24, 2.45) is 5.10 Å². The van der Waals surface area contributed by atoms with Crippen LogP contribution in [0.2, 0.25) is 0 Å². The number of fused-ring (bicyclic) bond motifs is 1. The molecule has 10 nitrogen and oxygen atoms in total. The Balaban J connectivity index is 1.96. The molecule has 0 bridgehead atoms. The number of hydrogen-bond acceptors (Lipinski definition) is 8. The lowest BCUT2D eigenvalue weighted by atomic mass is 10.1. The van der Waals surface area contributed by atoms with Gasteiger partial charge in [-0.3, -0.25) is 31.1 Å². The largest absolute Gasteiger partial charge is 0.438 e. The second-order valence-corrected chi connectivity index (χ2v) is 5.55. The third-order valence-corrected chi connectivity index (χ3v) is 3.80. The SMILES string of the molecule is CC(=NNc1ccc([N+](=O)[O-])cc1[N+](=O)[O-])c1cc2ccccc2oc1=N. The Labute approximate surface area is 151 Å². The van der Waals surface area contributed by atoms with Gasteiger partial charge in [-0.25, -0.2) is 0 Å². The molecular weight excluding hydrogens is 354 g/mol. The minimum Gasteiger partial charge on any atom is -0.438 e. The van der Waals surface area contributed by atoms with Gasteiger partial charge in [-0.2, -0.15) is 5.10 Å². The first-order valence-electron chi connectivity index (χ1n) is 7.68. The molecule has 0 aliphatic heterocycles. The summed E-state index contributed by atoms with van der Waals surface area (Å²) in [7, 11) is 0. The summed E-state index contributed by atoms with van der Waals surface area (Å²) in [5.41, 5.74) is 2.88. The molecule has 136 valence electrons. The standard InChI is InChI=1S/C17H13N5O5/c1-10(13-8-11-4-2-3-5-16(11)27-17(13)18)19-20-14-7-6-12(21(23)24)9-15(14)22(25)26/h2-9,18,20H,1H3. The molecule has 0 fully saturated rings. The van der Waals surface area contributed by atoms with E-state index in [1.165, 1.54) is 6.07 Å². The number of nitrogens with zero attached hydrogens (tertiary/aromatic N) is 3. The molecule has 0 atom stereocenters. The van der Waals surface area contributed by atoms with Crippen LogP contribution in [0.1, 0.15) is 12.5 Å². The van der Waals surface area contributed by atoms with Gasteiger partial charge in [-0.1, -0.05) is 18.2 Å². The van der Waals surface area contributed by atoms with Crippen LogP contribution in [0.3, 0.4) is 0 Å². The summed E-state index contributed by atoms with van der Waals surface area (Å²) in [5, 5.41) is 34.8. The third-order valence-electron chi connectivity index (χ3n) is 3.80. The molecule has 0 unspecified atom stereocenters. The second kappa shape index (κ2) is 7.04. The van der Waals surface area contributed by atoms with E-state index in [9.17, 15) is 20.2 Å². The maximum Gasteiger partial charge on any atom is 0.301 e. The molecule has 0 saturated carbocycles. The maximum atomic E-state index is 11.2. The highest BCUT2D eigenvalue weighted by molar-refractivity contribution is 6.00. The van der Waals surface area contributed by atoms with Gasteiger partial charge in [0.2, 0.25) is 5.55 Å². The second-order valence-electron chi connectivity index (χ2n) is 5.55. The Hall–Kier alpha value is -4.08. The number of non-ortho nitro benzene ring substituents is 1. The molecule has 0 aliphatic rings. The van der Waals surface area contributed by atoms with Crippen molar-refractivity contribution in [1.82, 2.24) is 0 Å². The van der Waals surface area contributed by atoms with Gasteiger partial charge >= 0.3 is 5.69 Å². The van der Waals surface area contributed by atoms with Gasteiger partial charge in [0.1, 0.15) is 11.3 Å². The van der Waals surface area contributed by atoms with E-state index in [0.29, 0.717) is 16.9 Å². The number of hydrogen-bond donors (Lipinski definition) is 2. The van der Waals surface area contributed by atoms with Crippen molar-refractivity contribution in [3.8, 4) is 0 Å². The molecule has 1 heterocycles. The highest BCUT2D eigenvalue weighted by Gasteiger charge is 2.19. The smallest absolute Gasteiger partial charge is 0.301 e. The highest BCUT2D eigenvalue weighted by Crippen LogP contribution is 2.29. The predicted octanol–water partition coefficient (Wildman–Crippen LogP) is 3.56. The first kappa shape index (κ1) is 17.7. The van der Waals surface area contributed by atoms with Crippen molar-refractivity contribution in [3.63, 3.8) is 0 Å². The molecule has 0 radical (unpaired) electrons. The number of hydrazone groups is 1. The molecule has 0 saturated heterocycles. The number of rotatable bonds is 5. The fourth-order valence-corrected chi connectivity index (χ4v) is 2.43. The van der Waals surface area contributed by atoms with Gasteiger partial charge in [0.25, 0.3) is 5.69 Å². The van der Waals surface area contributed by atoms with E-state index in [1.807, 2.05) is 12.1 Å². The van der Waals surface area contributed by atoms with E-state index in [2.05, 4.69) is 10.5 Å². The van der Waals surface area contributed by atoms with E-state index in [-0.39, 0.29) is 11.2 Å². The van der Waals surface area contributed by atoms with Crippen LogP contribution >= 0.6 is 0 Å². The van der Waals surface area contributed by atoms with Crippen LogP contribution < -0.4 is 11.0 Å². The third kappa shape index (κ3) is 3.63. The molecule has 0 spiro atoms. The number of nitro groups is 2. The van der Waals surface area contributed by atoms with Crippen LogP contribution in [0, 0.1) is 25.6 Å². The first-order valence-corrected chi connectivity index (χ1v) is 7.68. The molecular formula is C17H13N5O5. The van der Waals surface area contributed by atoms with E-state index in [4.69, 9.17) is 9.83 Å². The Kier molecular flexibility index (Phi) is 4.62. The van der Waals surface area contributed by atoms with Crippen LogP contribution in [0.4, 0.5) is 17.1 Å². The summed E-state index contributed by atoms with van der Waals surface area (Å²) in [5.74, 6) is 0. The summed E-state index contributed by atoms with van der Waals surface area (Å²) in [6, 6.07) is 12.1. The monoisotopic (exact) mass is 367 g/mol. The molecule has 2 aromatic carbocycles. The van der Waals surface area contributed by atoms with Crippen LogP contribution in [0.15, 0.2) is 58.0 Å². The van der Waals surface area contributed by atoms with E-state index in [0.717, 1.165) is 17.5 Å². The molecule has 0 aliphatic carbocycles. The minimum absolute atomic E-state index is 0.00536. The zero-order valence-corrected chi connectivity index (χ0v) is 14.0. The highest BCUT2D eigenvalue weighted by atomic mass is 16.6. The van der Waals surface area contributed by atoms with Gasteiger partial charge in [0.15, 0.2) is 0 Å².